The lowest BCUT2D eigenvalue weighted by Gasteiger charge is -2.22. The molecule has 0 radical (unpaired) electrons. The van der Waals surface area contributed by atoms with Crippen LogP contribution in [0.25, 0.3) is 22.2 Å². The highest BCUT2D eigenvalue weighted by molar-refractivity contribution is 6.08. The van der Waals surface area contributed by atoms with Crippen molar-refractivity contribution in [3.05, 3.63) is 65.7 Å². The molecular weight excluding hydrogens is 388 g/mol. The Hall–Kier alpha value is -3.41. The Morgan fingerprint density at radius 1 is 1.00 bits per heavy atom. The van der Waals surface area contributed by atoms with Gasteiger partial charge >= 0.3 is 5.97 Å². The van der Waals surface area contributed by atoms with Crippen LogP contribution in [0.3, 0.4) is 0 Å². The fourth-order valence-corrected chi connectivity index (χ4v) is 4.55. The Bertz CT molecular complexity index is 1240. The van der Waals surface area contributed by atoms with E-state index in [1.807, 2.05) is 59.2 Å². The standard InChI is InChI=1S/C25H26N4O2/c1-16(17-10-4-2-5-11-17)29-23(26)21(25(30)31-18-12-6-3-7-13-18)22-24(29)28-20-15-9-8-14-19(20)27-22/h2,4-5,8-11,14-16,18H,3,6-7,12-13,26H2,1H3/t16-/m0/s1. The molecule has 6 nitrogen and oxygen atoms in total. The largest absolute Gasteiger partial charge is 0.459 e. The van der Waals surface area contributed by atoms with E-state index in [1.165, 1.54) is 6.42 Å². The molecule has 2 N–H and O–H groups in total. The van der Waals surface area contributed by atoms with Gasteiger partial charge < -0.3 is 15.0 Å². The minimum absolute atomic E-state index is 0.0565. The molecule has 1 saturated carbocycles. The van der Waals surface area contributed by atoms with Gasteiger partial charge in [0.15, 0.2) is 5.65 Å². The van der Waals surface area contributed by atoms with E-state index < -0.39 is 5.97 Å². The van der Waals surface area contributed by atoms with Crippen LogP contribution in [0.15, 0.2) is 54.6 Å². The van der Waals surface area contributed by atoms with E-state index in [0.717, 1.165) is 42.3 Å². The molecule has 0 amide bonds. The number of ether oxygens (including phenoxy) is 1. The Labute approximate surface area is 181 Å². The number of esters is 1. The molecule has 2 aromatic carbocycles. The topological polar surface area (TPSA) is 83.0 Å². The molecule has 2 heterocycles. The van der Waals surface area contributed by atoms with E-state index in [0.29, 0.717) is 22.5 Å². The van der Waals surface area contributed by atoms with E-state index >= 15 is 0 Å². The number of nitrogen functional groups attached to an aromatic ring is 1. The zero-order valence-electron chi connectivity index (χ0n) is 17.6. The average molecular weight is 415 g/mol. The van der Waals surface area contributed by atoms with Crippen molar-refractivity contribution < 1.29 is 9.53 Å². The molecule has 1 aliphatic carbocycles. The maximum atomic E-state index is 13.3. The second kappa shape index (κ2) is 8.02. The molecule has 4 aromatic rings. The monoisotopic (exact) mass is 414 g/mol. The van der Waals surface area contributed by atoms with E-state index in [-0.39, 0.29) is 12.1 Å². The van der Waals surface area contributed by atoms with Gasteiger partial charge in [-0.3, -0.25) is 0 Å². The molecule has 5 rings (SSSR count). The van der Waals surface area contributed by atoms with Crippen LogP contribution in [0.2, 0.25) is 0 Å². The minimum atomic E-state index is -0.405. The van der Waals surface area contributed by atoms with Gasteiger partial charge in [-0.25, -0.2) is 14.8 Å². The molecule has 1 fully saturated rings. The van der Waals surface area contributed by atoms with Gasteiger partial charge in [-0.15, -0.1) is 0 Å². The lowest BCUT2D eigenvalue weighted by Crippen LogP contribution is -2.21. The summed E-state index contributed by atoms with van der Waals surface area (Å²) in [6.45, 7) is 2.05. The number of nitrogens with zero attached hydrogens (tertiary/aromatic N) is 3. The first kappa shape index (κ1) is 19.5. The average Bonchev–Trinajstić information content (AvgIpc) is 3.09. The Kier molecular flexibility index (Phi) is 5.06. The molecule has 0 aliphatic heterocycles. The Balaban J connectivity index is 1.68. The minimum Gasteiger partial charge on any atom is -0.459 e. The van der Waals surface area contributed by atoms with E-state index in [2.05, 4.69) is 6.92 Å². The smallest absolute Gasteiger partial charge is 0.344 e. The third-order valence-corrected chi connectivity index (χ3v) is 6.23. The van der Waals surface area contributed by atoms with Gasteiger partial charge in [0.05, 0.1) is 17.1 Å². The normalized spacial score (nSPS) is 15.9. The number of hydrogen-bond donors (Lipinski definition) is 1. The zero-order valence-corrected chi connectivity index (χ0v) is 17.6. The van der Waals surface area contributed by atoms with E-state index in [4.69, 9.17) is 20.4 Å². The third-order valence-electron chi connectivity index (χ3n) is 6.23. The molecule has 0 bridgehead atoms. The predicted molar refractivity (Wildman–Crippen MR) is 122 cm³/mol. The fraction of sp³-hybridized carbons (Fsp3) is 0.320. The van der Waals surface area contributed by atoms with Gasteiger partial charge in [0.25, 0.3) is 0 Å². The lowest BCUT2D eigenvalue weighted by molar-refractivity contribution is 0.0214. The number of anilines is 1. The van der Waals surface area contributed by atoms with Crippen molar-refractivity contribution in [2.75, 3.05) is 5.73 Å². The molecule has 31 heavy (non-hydrogen) atoms. The maximum absolute atomic E-state index is 13.3. The molecule has 6 heteroatoms. The summed E-state index contributed by atoms with van der Waals surface area (Å²) in [5.74, 6) is -0.0551. The van der Waals surface area contributed by atoms with Crippen molar-refractivity contribution >= 4 is 34.0 Å². The number of para-hydroxylation sites is 2. The fourth-order valence-electron chi connectivity index (χ4n) is 4.55. The summed E-state index contributed by atoms with van der Waals surface area (Å²) >= 11 is 0. The van der Waals surface area contributed by atoms with E-state index in [9.17, 15) is 4.79 Å². The van der Waals surface area contributed by atoms with Gasteiger partial charge in [0.2, 0.25) is 0 Å². The van der Waals surface area contributed by atoms with Crippen LogP contribution in [0.1, 0.15) is 61.0 Å². The molecule has 2 aromatic heterocycles. The number of benzene rings is 2. The van der Waals surface area contributed by atoms with Crippen LogP contribution < -0.4 is 5.73 Å². The highest BCUT2D eigenvalue weighted by Crippen LogP contribution is 2.34. The summed E-state index contributed by atoms with van der Waals surface area (Å²) in [5.41, 5.74) is 10.6. The second-order valence-corrected chi connectivity index (χ2v) is 8.27. The molecule has 0 spiro atoms. The molecule has 1 atom stereocenters. The molecule has 0 unspecified atom stereocenters. The third kappa shape index (κ3) is 3.52. The van der Waals surface area contributed by atoms with Crippen molar-refractivity contribution in [3.8, 4) is 0 Å². The summed E-state index contributed by atoms with van der Waals surface area (Å²) < 4.78 is 7.78. The summed E-state index contributed by atoms with van der Waals surface area (Å²) in [5, 5.41) is 0. The Morgan fingerprint density at radius 3 is 2.35 bits per heavy atom. The Morgan fingerprint density at radius 2 is 1.65 bits per heavy atom. The number of nitrogens with two attached hydrogens (primary N) is 1. The second-order valence-electron chi connectivity index (χ2n) is 8.27. The van der Waals surface area contributed by atoms with Crippen LogP contribution in [0.5, 0.6) is 0 Å². The predicted octanol–water partition coefficient (Wildman–Crippen LogP) is 5.27. The SMILES string of the molecule is C[C@@H](c1ccccc1)n1c(N)c(C(=O)OC2CCCCC2)c2nc3ccccc3nc21. The summed E-state index contributed by atoms with van der Waals surface area (Å²) in [7, 11) is 0. The summed E-state index contributed by atoms with van der Waals surface area (Å²) in [6.07, 6.45) is 5.12. The number of carbonyl (C=O) groups excluding carboxylic acids is 1. The zero-order chi connectivity index (χ0) is 21.4. The number of aromatic nitrogens is 3. The number of rotatable bonds is 4. The first-order valence-electron chi connectivity index (χ1n) is 11.0. The van der Waals surface area contributed by atoms with Crippen LogP contribution in [-0.2, 0) is 4.74 Å². The number of fused-ring (bicyclic) bond motifs is 2. The van der Waals surface area contributed by atoms with Gasteiger partial charge in [0.1, 0.15) is 23.0 Å². The summed E-state index contributed by atoms with van der Waals surface area (Å²) in [4.78, 5) is 22.9. The van der Waals surface area contributed by atoms with Gasteiger partial charge in [-0.1, -0.05) is 48.9 Å². The van der Waals surface area contributed by atoms with Crippen molar-refractivity contribution in [2.24, 2.45) is 0 Å². The van der Waals surface area contributed by atoms with Gasteiger partial charge in [0, 0.05) is 0 Å². The molecule has 158 valence electrons. The van der Waals surface area contributed by atoms with Crippen LogP contribution in [0.4, 0.5) is 5.82 Å². The first-order chi connectivity index (χ1) is 15.1. The highest BCUT2D eigenvalue weighted by atomic mass is 16.5. The molecular formula is C25H26N4O2. The lowest BCUT2D eigenvalue weighted by atomic mass is 9.98. The van der Waals surface area contributed by atoms with Crippen molar-refractivity contribution in [1.29, 1.82) is 0 Å². The number of carbonyl (C=O) groups is 1. The van der Waals surface area contributed by atoms with E-state index in [1.54, 1.807) is 0 Å². The van der Waals surface area contributed by atoms with Crippen LogP contribution in [-0.4, -0.2) is 26.6 Å². The van der Waals surface area contributed by atoms with Crippen LogP contribution in [0, 0.1) is 0 Å². The summed E-state index contributed by atoms with van der Waals surface area (Å²) in [6, 6.07) is 17.6. The molecule has 1 aliphatic rings. The van der Waals surface area contributed by atoms with Crippen LogP contribution >= 0.6 is 0 Å². The van der Waals surface area contributed by atoms with Crippen molar-refractivity contribution in [3.63, 3.8) is 0 Å². The highest BCUT2D eigenvalue weighted by Gasteiger charge is 2.29. The van der Waals surface area contributed by atoms with Crippen molar-refractivity contribution in [1.82, 2.24) is 14.5 Å². The molecule has 0 saturated heterocycles. The van der Waals surface area contributed by atoms with Gasteiger partial charge in [-0.05, 0) is 50.3 Å². The van der Waals surface area contributed by atoms with Crippen molar-refractivity contribution in [2.45, 2.75) is 51.2 Å². The first-order valence-corrected chi connectivity index (χ1v) is 11.0. The quantitative estimate of drug-likeness (QED) is 0.460. The maximum Gasteiger partial charge on any atom is 0.344 e. The number of hydrogen-bond acceptors (Lipinski definition) is 5. The van der Waals surface area contributed by atoms with Gasteiger partial charge in [-0.2, -0.15) is 0 Å².